The molecule has 6 nitrogen and oxygen atoms in total. The second-order valence-electron chi connectivity index (χ2n) is 5.53. The fourth-order valence-corrected chi connectivity index (χ4v) is 2.39. The van der Waals surface area contributed by atoms with Crippen LogP contribution in [0.4, 0.5) is 11.4 Å². The number of para-hydroxylation sites is 2. The van der Waals surface area contributed by atoms with E-state index in [-0.39, 0.29) is 11.3 Å². The van der Waals surface area contributed by atoms with Crippen LogP contribution in [0.25, 0.3) is 0 Å². The number of rotatable bonds is 6. The zero-order valence-corrected chi connectivity index (χ0v) is 13.8. The summed E-state index contributed by atoms with van der Waals surface area (Å²) in [5.74, 6) is 0.0830. The second-order valence-corrected chi connectivity index (χ2v) is 5.53. The van der Waals surface area contributed by atoms with Gasteiger partial charge in [0.25, 0.3) is 11.6 Å². The molecule has 26 heavy (non-hydrogen) atoms. The zero-order chi connectivity index (χ0) is 18.4. The number of carbonyl (C=O) groups is 1. The molecule has 6 heteroatoms. The minimum absolute atomic E-state index is 0.133. The molecule has 0 aliphatic carbocycles. The summed E-state index contributed by atoms with van der Waals surface area (Å²) >= 11 is 0. The molecule has 130 valence electrons. The van der Waals surface area contributed by atoms with Gasteiger partial charge in [0.2, 0.25) is 0 Å². The molecule has 3 aromatic carbocycles. The van der Waals surface area contributed by atoms with E-state index in [1.165, 1.54) is 24.3 Å². The van der Waals surface area contributed by atoms with Gasteiger partial charge in [0.05, 0.1) is 10.6 Å². The molecule has 0 bridgehead atoms. The van der Waals surface area contributed by atoms with E-state index in [9.17, 15) is 14.9 Å². The SMILES string of the molecule is O=C(Nc1ccccc1OCc1ccccc1)c1cccc([N+](=O)[O-])c1. The number of hydrogen-bond acceptors (Lipinski definition) is 4. The van der Waals surface area contributed by atoms with E-state index >= 15 is 0 Å². The molecule has 0 aromatic heterocycles. The first-order valence-corrected chi connectivity index (χ1v) is 7.95. The molecular weight excluding hydrogens is 332 g/mol. The van der Waals surface area contributed by atoms with Crippen LogP contribution in [0.3, 0.4) is 0 Å². The minimum atomic E-state index is -0.534. The number of non-ortho nitro benzene ring substituents is 1. The third-order valence-corrected chi connectivity index (χ3v) is 3.69. The van der Waals surface area contributed by atoms with Gasteiger partial charge in [-0.05, 0) is 23.8 Å². The number of anilines is 1. The number of ether oxygens (including phenoxy) is 1. The fraction of sp³-hybridized carbons (Fsp3) is 0.0500. The van der Waals surface area contributed by atoms with E-state index < -0.39 is 10.8 Å². The second kappa shape index (κ2) is 7.94. The summed E-state index contributed by atoms with van der Waals surface area (Å²) in [4.78, 5) is 22.8. The highest BCUT2D eigenvalue weighted by Crippen LogP contribution is 2.25. The molecule has 3 aromatic rings. The van der Waals surface area contributed by atoms with Crippen molar-refractivity contribution in [2.45, 2.75) is 6.61 Å². The lowest BCUT2D eigenvalue weighted by atomic mass is 10.2. The number of nitro groups is 1. The lowest BCUT2D eigenvalue weighted by molar-refractivity contribution is -0.384. The maximum Gasteiger partial charge on any atom is 0.270 e. The first kappa shape index (κ1) is 17.2. The third-order valence-electron chi connectivity index (χ3n) is 3.69. The van der Waals surface area contributed by atoms with Gasteiger partial charge in [0.15, 0.2) is 0 Å². The van der Waals surface area contributed by atoms with Crippen LogP contribution in [0.2, 0.25) is 0 Å². The number of carbonyl (C=O) groups excluding carboxylic acids is 1. The Morgan fingerprint density at radius 2 is 1.69 bits per heavy atom. The van der Waals surface area contributed by atoms with Gasteiger partial charge in [0.1, 0.15) is 12.4 Å². The van der Waals surface area contributed by atoms with Crippen LogP contribution < -0.4 is 10.1 Å². The Balaban J connectivity index is 1.74. The molecule has 0 saturated carbocycles. The van der Waals surface area contributed by atoms with Gasteiger partial charge in [-0.2, -0.15) is 0 Å². The predicted octanol–water partition coefficient (Wildman–Crippen LogP) is 4.43. The molecule has 0 atom stereocenters. The number of nitrogens with one attached hydrogen (secondary N) is 1. The van der Waals surface area contributed by atoms with Gasteiger partial charge in [-0.25, -0.2) is 0 Å². The third kappa shape index (κ3) is 4.24. The standard InChI is InChI=1S/C20H16N2O4/c23-20(16-9-6-10-17(13-16)22(24)25)21-18-11-4-5-12-19(18)26-14-15-7-2-1-3-8-15/h1-13H,14H2,(H,21,23). The average Bonchev–Trinajstić information content (AvgIpc) is 2.68. The molecule has 3 rings (SSSR count). The average molecular weight is 348 g/mol. The van der Waals surface area contributed by atoms with Crippen molar-refractivity contribution in [1.29, 1.82) is 0 Å². The lowest BCUT2D eigenvalue weighted by Gasteiger charge is -2.12. The molecule has 0 spiro atoms. The van der Waals surface area contributed by atoms with Crippen LogP contribution in [0.5, 0.6) is 5.75 Å². The number of benzene rings is 3. The van der Waals surface area contributed by atoms with Crippen LogP contribution in [0, 0.1) is 10.1 Å². The quantitative estimate of drug-likeness (QED) is 0.528. The van der Waals surface area contributed by atoms with Crippen molar-refractivity contribution in [3.63, 3.8) is 0 Å². The first-order valence-electron chi connectivity index (χ1n) is 7.95. The number of nitrogens with zero attached hydrogens (tertiary/aromatic N) is 1. The van der Waals surface area contributed by atoms with E-state index in [0.29, 0.717) is 18.0 Å². The van der Waals surface area contributed by atoms with E-state index in [0.717, 1.165) is 5.56 Å². The smallest absolute Gasteiger partial charge is 0.270 e. The molecular formula is C20H16N2O4. The van der Waals surface area contributed by atoms with E-state index in [1.807, 2.05) is 36.4 Å². The van der Waals surface area contributed by atoms with Crippen LogP contribution in [0.15, 0.2) is 78.9 Å². The van der Waals surface area contributed by atoms with Gasteiger partial charge in [0, 0.05) is 17.7 Å². The largest absolute Gasteiger partial charge is 0.487 e. The minimum Gasteiger partial charge on any atom is -0.487 e. The van der Waals surface area contributed by atoms with Gasteiger partial charge in [-0.3, -0.25) is 14.9 Å². The Morgan fingerprint density at radius 1 is 0.962 bits per heavy atom. The van der Waals surface area contributed by atoms with Gasteiger partial charge >= 0.3 is 0 Å². The summed E-state index contributed by atoms with van der Waals surface area (Å²) in [6.45, 7) is 0.366. The van der Waals surface area contributed by atoms with Crippen molar-refractivity contribution in [1.82, 2.24) is 0 Å². The summed E-state index contributed by atoms with van der Waals surface area (Å²) < 4.78 is 5.80. The Kier molecular flexibility index (Phi) is 5.24. The lowest BCUT2D eigenvalue weighted by Crippen LogP contribution is -2.13. The molecule has 0 saturated heterocycles. The summed E-state index contributed by atoms with van der Waals surface area (Å²) in [5.41, 5.74) is 1.58. The van der Waals surface area contributed by atoms with Crippen LogP contribution in [-0.4, -0.2) is 10.8 Å². The number of nitro benzene ring substituents is 1. The van der Waals surface area contributed by atoms with Crippen molar-refractivity contribution in [3.05, 3.63) is 100 Å². The molecule has 0 unspecified atom stereocenters. The predicted molar refractivity (Wildman–Crippen MR) is 98.3 cm³/mol. The molecule has 0 heterocycles. The molecule has 1 N–H and O–H groups in total. The molecule has 0 fully saturated rings. The summed E-state index contributed by atoms with van der Waals surface area (Å²) in [6.07, 6.45) is 0. The van der Waals surface area contributed by atoms with Crippen molar-refractivity contribution >= 4 is 17.3 Å². The Bertz CT molecular complexity index is 926. The fourth-order valence-electron chi connectivity index (χ4n) is 2.39. The maximum absolute atomic E-state index is 12.4. The van der Waals surface area contributed by atoms with Gasteiger partial charge < -0.3 is 10.1 Å². The number of amides is 1. The van der Waals surface area contributed by atoms with E-state index in [4.69, 9.17) is 4.74 Å². The molecule has 0 aliphatic heterocycles. The molecule has 0 radical (unpaired) electrons. The highest BCUT2D eigenvalue weighted by Gasteiger charge is 2.13. The molecule has 1 amide bonds. The van der Waals surface area contributed by atoms with Gasteiger partial charge in [-0.1, -0.05) is 48.5 Å². The maximum atomic E-state index is 12.4. The van der Waals surface area contributed by atoms with Crippen molar-refractivity contribution in [3.8, 4) is 5.75 Å². The summed E-state index contributed by atoms with van der Waals surface area (Å²) in [6, 6.07) is 22.3. The van der Waals surface area contributed by atoms with Crippen LogP contribution in [0.1, 0.15) is 15.9 Å². The Hall–Kier alpha value is -3.67. The summed E-state index contributed by atoms with van der Waals surface area (Å²) in [5, 5.41) is 13.6. The topological polar surface area (TPSA) is 81.5 Å². The molecule has 0 aliphatic rings. The van der Waals surface area contributed by atoms with Crippen LogP contribution in [-0.2, 0) is 6.61 Å². The van der Waals surface area contributed by atoms with Crippen LogP contribution >= 0.6 is 0 Å². The van der Waals surface area contributed by atoms with E-state index in [1.54, 1.807) is 18.2 Å². The highest BCUT2D eigenvalue weighted by molar-refractivity contribution is 6.05. The Morgan fingerprint density at radius 3 is 2.46 bits per heavy atom. The van der Waals surface area contributed by atoms with Gasteiger partial charge in [-0.15, -0.1) is 0 Å². The zero-order valence-electron chi connectivity index (χ0n) is 13.8. The summed E-state index contributed by atoms with van der Waals surface area (Å²) in [7, 11) is 0. The first-order chi connectivity index (χ1) is 12.6. The highest BCUT2D eigenvalue weighted by atomic mass is 16.6. The normalized spacial score (nSPS) is 10.2. The Labute approximate surface area is 150 Å². The number of hydrogen-bond donors (Lipinski definition) is 1. The van der Waals surface area contributed by atoms with Crippen molar-refractivity contribution in [2.75, 3.05) is 5.32 Å². The van der Waals surface area contributed by atoms with Crippen molar-refractivity contribution < 1.29 is 14.5 Å². The van der Waals surface area contributed by atoms with E-state index in [2.05, 4.69) is 5.32 Å². The van der Waals surface area contributed by atoms with Crippen molar-refractivity contribution in [2.24, 2.45) is 0 Å². The monoisotopic (exact) mass is 348 g/mol.